The first-order chi connectivity index (χ1) is 21.6. The smallest absolute Gasteiger partial charge is 0.397 e. The number of aliphatic hydroxyl groups is 3. The third-order valence-corrected chi connectivity index (χ3v) is 8.44. The molecule has 0 aromatic carbocycles. The lowest BCUT2D eigenvalue weighted by Crippen LogP contribution is -2.60. The van der Waals surface area contributed by atoms with E-state index in [0.717, 1.165) is 38.5 Å². The summed E-state index contributed by atoms with van der Waals surface area (Å²) in [5.74, 6) is -0.406. The number of esters is 1. The van der Waals surface area contributed by atoms with Gasteiger partial charge in [0.25, 0.3) is 0 Å². The average molecular weight is 671 g/mol. The second-order valence-electron chi connectivity index (χ2n) is 12.1. The van der Waals surface area contributed by atoms with Gasteiger partial charge < -0.3 is 34.3 Å². The van der Waals surface area contributed by atoms with Gasteiger partial charge >= 0.3 is 16.4 Å². The first kappa shape index (κ1) is 42.1. The highest BCUT2D eigenvalue weighted by Crippen LogP contribution is 2.26. The fraction of sp³-hybridized carbons (Fsp3) is 0.969. The Kier molecular flexibility index (Phi) is 24.4. The number of rotatable bonds is 29. The Morgan fingerprint density at radius 1 is 0.756 bits per heavy atom. The largest absolute Gasteiger partial charge is 0.457 e. The van der Waals surface area contributed by atoms with Crippen molar-refractivity contribution in [2.24, 2.45) is 0 Å². The molecule has 13 heteroatoms. The van der Waals surface area contributed by atoms with Gasteiger partial charge in [0.05, 0.1) is 19.8 Å². The summed E-state index contributed by atoms with van der Waals surface area (Å²) >= 11 is 0. The van der Waals surface area contributed by atoms with Gasteiger partial charge in [-0.25, -0.2) is 4.18 Å². The Bertz CT molecular complexity index is 827. The lowest BCUT2D eigenvalue weighted by Gasteiger charge is -2.41. The van der Waals surface area contributed by atoms with Crippen LogP contribution < -0.4 is 0 Å². The van der Waals surface area contributed by atoms with Crippen molar-refractivity contribution in [3.63, 3.8) is 0 Å². The van der Waals surface area contributed by atoms with Crippen LogP contribution in [-0.2, 0) is 38.3 Å². The topological polar surface area (TPSA) is 178 Å². The fourth-order valence-corrected chi connectivity index (χ4v) is 5.83. The van der Waals surface area contributed by atoms with E-state index in [1.165, 1.54) is 70.6 Å². The fourth-order valence-electron chi connectivity index (χ4n) is 5.32. The van der Waals surface area contributed by atoms with Crippen LogP contribution in [0.5, 0.6) is 0 Å². The van der Waals surface area contributed by atoms with Gasteiger partial charge in [0.2, 0.25) is 0 Å². The van der Waals surface area contributed by atoms with Crippen LogP contribution in [0.1, 0.15) is 136 Å². The average Bonchev–Trinajstić information content (AvgIpc) is 3.00. The summed E-state index contributed by atoms with van der Waals surface area (Å²) in [4.78, 5) is 12.6. The van der Waals surface area contributed by atoms with Gasteiger partial charge in [-0.15, -0.1) is 0 Å². The molecule has 1 fully saturated rings. The molecule has 1 aliphatic heterocycles. The highest BCUT2D eigenvalue weighted by molar-refractivity contribution is 7.80. The Labute approximate surface area is 271 Å². The molecular weight excluding hydrogens is 608 g/mol. The summed E-state index contributed by atoms with van der Waals surface area (Å²) in [6, 6.07) is 0. The van der Waals surface area contributed by atoms with E-state index in [-0.39, 0.29) is 19.6 Å². The van der Waals surface area contributed by atoms with Crippen LogP contribution in [0, 0.1) is 0 Å². The molecule has 6 unspecified atom stereocenters. The van der Waals surface area contributed by atoms with Gasteiger partial charge in [-0.3, -0.25) is 9.35 Å². The van der Waals surface area contributed by atoms with Crippen LogP contribution >= 0.6 is 0 Å². The number of ether oxygens (including phenoxy) is 4. The molecule has 0 amide bonds. The molecule has 0 spiro atoms. The maximum atomic E-state index is 12.6. The number of carbonyl (C=O) groups excluding carboxylic acids is 1. The zero-order chi connectivity index (χ0) is 33.3. The molecule has 4 N–H and O–H groups in total. The van der Waals surface area contributed by atoms with E-state index in [9.17, 15) is 28.5 Å². The summed E-state index contributed by atoms with van der Waals surface area (Å²) in [5, 5.41) is 30.3. The summed E-state index contributed by atoms with van der Waals surface area (Å²) in [7, 11) is -5.04. The van der Waals surface area contributed by atoms with Crippen molar-refractivity contribution in [2.45, 2.75) is 173 Å². The third-order valence-electron chi connectivity index (χ3n) is 7.98. The van der Waals surface area contributed by atoms with Crippen molar-refractivity contribution < 1.29 is 56.2 Å². The quantitative estimate of drug-likeness (QED) is 0.0476. The Morgan fingerprint density at radius 3 is 1.78 bits per heavy atom. The van der Waals surface area contributed by atoms with Gasteiger partial charge in [-0.05, 0) is 12.8 Å². The zero-order valence-electron chi connectivity index (χ0n) is 27.7. The van der Waals surface area contributed by atoms with Gasteiger partial charge in [0, 0.05) is 13.0 Å². The van der Waals surface area contributed by atoms with Gasteiger partial charge in [-0.1, -0.05) is 117 Å². The van der Waals surface area contributed by atoms with E-state index in [2.05, 4.69) is 18.0 Å². The lowest BCUT2D eigenvalue weighted by atomic mass is 9.99. The maximum absolute atomic E-state index is 12.6. The Balaban J connectivity index is 2.55. The van der Waals surface area contributed by atoms with Crippen LogP contribution in [0.15, 0.2) is 0 Å². The van der Waals surface area contributed by atoms with E-state index in [0.29, 0.717) is 13.0 Å². The van der Waals surface area contributed by atoms with Crippen molar-refractivity contribution >= 4 is 16.4 Å². The molecule has 0 saturated carbocycles. The lowest BCUT2D eigenvalue weighted by molar-refractivity contribution is -0.301. The number of hydrogen-bond donors (Lipinski definition) is 4. The molecule has 0 aromatic rings. The summed E-state index contributed by atoms with van der Waals surface area (Å²) in [6.07, 6.45) is 11.8. The number of hydrogen-bond acceptors (Lipinski definition) is 11. The minimum Gasteiger partial charge on any atom is -0.457 e. The molecule has 0 bridgehead atoms. The number of aliphatic hydroxyl groups excluding tert-OH is 3. The van der Waals surface area contributed by atoms with Gasteiger partial charge in [0.15, 0.2) is 6.29 Å². The molecule has 1 aliphatic rings. The first-order valence-corrected chi connectivity index (χ1v) is 18.7. The van der Waals surface area contributed by atoms with Gasteiger partial charge in [-0.2, -0.15) is 8.42 Å². The molecule has 12 nitrogen and oxygen atoms in total. The van der Waals surface area contributed by atoms with E-state index in [4.69, 9.17) is 23.5 Å². The van der Waals surface area contributed by atoms with E-state index < -0.39 is 59.8 Å². The zero-order valence-corrected chi connectivity index (χ0v) is 28.5. The van der Waals surface area contributed by atoms with Crippen LogP contribution in [0.2, 0.25) is 0 Å². The summed E-state index contributed by atoms with van der Waals surface area (Å²) in [6.45, 7) is 3.91. The van der Waals surface area contributed by atoms with E-state index in [1.807, 2.05) is 0 Å². The Morgan fingerprint density at radius 2 is 1.27 bits per heavy atom. The monoisotopic (exact) mass is 670 g/mol. The van der Waals surface area contributed by atoms with Crippen molar-refractivity contribution in [2.75, 3.05) is 26.4 Å². The van der Waals surface area contributed by atoms with Gasteiger partial charge in [0.1, 0.15) is 30.5 Å². The predicted octanol–water partition coefficient (Wildman–Crippen LogP) is 5.01. The summed E-state index contributed by atoms with van der Waals surface area (Å²) in [5.41, 5.74) is 0. The predicted molar refractivity (Wildman–Crippen MR) is 170 cm³/mol. The highest BCUT2D eigenvalue weighted by Gasteiger charge is 2.48. The highest BCUT2D eigenvalue weighted by atomic mass is 32.3. The van der Waals surface area contributed by atoms with Crippen LogP contribution in [0.25, 0.3) is 0 Å². The van der Waals surface area contributed by atoms with Crippen LogP contribution in [-0.4, -0.2) is 97.5 Å². The van der Waals surface area contributed by atoms with Crippen molar-refractivity contribution in [1.82, 2.24) is 0 Å². The first-order valence-electron chi connectivity index (χ1n) is 17.3. The van der Waals surface area contributed by atoms with Crippen molar-refractivity contribution in [3.8, 4) is 0 Å². The van der Waals surface area contributed by atoms with Crippen LogP contribution in [0.3, 0.4) is 0 Å². The summed E-state index contributed by atoms with van der Waals surface area (Å²) < 4.78 is 58.4. The molecule has 45 heavy (non-hydrogen) atoms. The third kappa shape index (κ3) is 20.8. The number of carbonyl (C=O) groups is 1. The molecule has 6 atom stereocenters. The molecule has 1 rings (SSSR count). The SMILES string of the molecule is CCCCCCCCCCCCCOCC(COC1OC(CO)C(O)C(OS(=O)(=O)O)C1O)OC(=O)CCCCCCCCC. The Hall–Kier alpha value is -0.900. The number of unbranched alkanes of at least 4 members (excludes halogenated alkanes) is 16. The van der Waals surface area contributed by atoms with Crippen LogP contribution in [0.4, 0.5) is 0 Å². The standard InChI is InChI=1S/C32H62O12S/c1-3-5-7-9-11-12-13-14-16-18-20-22-40-24-26(42-28(34)21-19-17-15-10-8-6-4-2)25-41-32-30(36)31(44-45(37,38)39)29(35)27(23-33)43-32/h26-27,29-33,35-36H,3-25H2,1-2H3,(H,37,38,39). The molecule has 0 aromatic heterocycles. The second kappa shape index (κ2) is 26.1. The minimum atomic E-state index is -5.04. The molecule has 0 aliphatic carbocycles. The van der Waals surface area contributed by atoms with E-state index in [1.54, 1.807) is 0 Å². The normalized spacial score (nSPS) is 22.8. The van der Waals surface area contributed by atoms with Crippen molar-refractivity contribution in [1.29, 1.82) is 0 Å². The van der Waals surface area contributed by atoms with Crippen molar-refractivity contribution in [3.05, 3.63) is 0 Å². The minimum absolute atomic E-state index is 0.0420. The molecule has 1 saturated heterocycles. The maximum Gasteiger partial charge on any atom is 0.397 e. The molecule has 0 radical (unpaired) electrons. The molecular formula is C32H62O12S. The molecule has 268 valence electrons. The second-order valence-corrected chi connectivity index (χ2v) is 13.2. The molecule has 1 heterocycles. The van der Waals surface area contributed by atoms with E-state index >= 15 is 0 Å².